The number of aromatic hydroxyl groups is 1. The minimum absolute atomic E-state index is 0.0702. The molecule has 1 aromatic rings. The van der Waals surface area contributed by atoms with Crippen LogP contribution < -0.4 is 0 Å². The molecular formula is C16H25NO2. The van der Waals surface area contributed by atoms with Crippen molar-refractivity contribution in [3.8, 4) is 5.75 Å². The number of benzene rings is 1. The first-order valence-electron chi connectivity index (χ1n) is 7.13. The molecule has 0 aromatic heterocycles. The van der Waals surface area contributed by atoms with Crippen LogP contribution in [0.2, 0.25) is 0 Å². The summed E-state index contributed by atoms with van der Waals surface area (Å²) in [6.45, 7) is 2.09. The maximum Gasteiger partial charge on any atom is 0.115 e. The molecule has 0 heterocycles. The van der Waals surface area contributed by atoms with E-state index in [-0.39, 0.29) is 17.7 Å². The van der Waals surface area contributed by atoms with E-state index in [1.165, 1.54) is 6.42 Å². The first-order valence-corrected chi connectivity index (χ1v) is 7.13. The van der Waals surface area contributed by atoms with Crippen LogP contribution in [0.25, 0.3) is 0 Å². The minimum Gasteiger partial charge on any atom is -0.508 e. The third kappa shape index (κ3) is 2.77. The van der Waals surface area contributed by atoms with Crippen molar-refractivity contribution in [2.75, 3.05) is 14.1 Å². The minimum atomic E-state index is -0.682. The van der Waals surface area contributed by atoms with Crippen LogP contribution in [0, 0.1) is 0 Å². The molecule has 0 spiro atoms. The van der Waals surface area contributed by atoms with E-state index in [4.69, 9.17) is 0 Å². The lowest BCUT2D eigenvalue weighted by Gasteiger charge is -2.47. The molecule has 3 heteroatoms. The third-order valence-electron chi connectivity index (χ3n) is 4.65. The van der Waals surface area contributed by atoms with Crippen molar-refractivity contribution in [2.45, 2.75) is 50.2 Å². The molecule has 1 fully saturated rings. The van der Waals surface area contributed by atoms with E-state index in [9.17, 15) is 10.2 Å². The molecule has 3 unspecified atom stereocenters. The van der Waals surface area contributed by atoms with Crippen LogP contribution in [0.1, 0.15) is 44.1 Å². The zero-order chi connectivity index (χ0) is 14.0. The van der Waals surface area contributed by atoms with Gasteiger partial charge in [-0.25, -0.2) is 0 Å². The first-order chi connectivity index (χ1) is 8.95. The zero-order valence-electron chi connectivity index (χ0n) is 12.1. The number of hydrogen-bond donors (Lipinski definition) is 2. The SMILES string of the molecule is CC(c1ccc(O)cc1)C1(O)CCCCC1N(C)C. The summed E-state index contributed by atoms with van der Waals surface area (Å²) in [4.78, 5) is 2.15. The first kappa shape index (κ1) is 14.4. The molecule has 1 saturated carbocycles. The van der Waals surface area contributed by atoms with Crippen LogP contribution in [-0.4, -0.2) is 40.9 Å². The van der Waals surface area contributed by atoms with Crippen molar-refractivity contribution in [2.24, 2.45) is 0 Å². The fourth-order valence-electron chi connectivity index (χ4n) is 3.42. The van der Waals surface area contributed by atoms with Gasteiger partial charge in [0.2, 0.25) is 0 Å². The number of phenolic OH excluding ortho intramolecular Hbond substituents is 1. The highest BCUT2D eigenvalue weighted by molar-refractivity contribution is 5.30. The van der Waals surface area contributed by atoms with Gasteiger partial charge < -0.3 is 15.1 Å². The van der Waals surface area contributed by atoms with Crippen LogP contribution >= 0.6 is 0 Å². The normalized spacial score (nSPS) is 29.4. The molecule has 0 aliphatic heterocycles. The van der Waals surface area contributed by atoms with E-state index in [1.54, 1.807) is 12.1 Å². The van der Waals surface area contributed by atoms with E-state index in [0.717, 1.165) is 24.8 Å². The molecular weight excluding hydrogens is 238 g/mol. The highest BCUT2D eigenvalue weighted by atomic mass is 16.3. The second kappa shape index (κ2) is 5.51. The molecule has 19 heavy (non-hydrogen) atoms. The summed E-state index contributed by atoms with van der Waals surface area (Å²) < 4.78 is 0. The molecule has 2 rings (SSSR count). The Morgan fingerprint density at radius 2 is 1.84 bits per heavy atom. The Bertz CT molecular complexity index is 415. The lowest BCUT2D eigenvalue weighted by Crippen LogP contribution is -2.55. The summed E-state index contributed by atoms with van der Waals surface area (Å²) >= 11 is 0. The molecule has 3 nitrogen and oxygen atoms in total. The molecule has 0 amide bonds. The van der Waals surface area contributed by atoms with Gasteiger partial charge in [-0.1, -0.05) is 31.9 Å². The van der Waals surface area contributed by atoms with Crippen molar-refractivity contribution in [1.82, 2.24) is 4.90 Å². The zero-order valence-corrected chi connectivity index (χ0v) is 12.1. The van der Waals surface area contributed by atoms with E-state index >= 15 is 0 Å². The summed E-state index contributed by atoms with van der Waals surface area (Å²) in [7, 11) is 4.09. The lowest BCUT2D eigenvalue weighted by molar-refractivity contribution is -0.0768. The van der Waals surface area contributed by atoms with Crippen molar-refractivity contribution in [3.63, 3.8) is 0 Å². The average molecular weight is 263 g/mol. The van der Waals surface area contributed by atoms with Crippen molar-refractivity contribution in [1.29, 1.82) is 0 Å². The topological polar surface area (TPSA) is 43.7 Å². The predicted molar refractivity (Wildman–Crippen MR) is 77.4 cm³/mol. The van der Waals surface area contributed by atoms with Crippen LogP contribution in [0.3, 0.4) is 0 Å². The number of rotatable bonds is 3. The highest BCUT2D eigenvalue weighted by Gasteiger charge is 2.44. The Hall–Kier alpha value is -1.06. The summed E-state index contributed by atoms with van der Waals surface area (Å²) in [5, 5.41) is 20.6. The quantitative estimate of drug-likeness (QED) is 0.881. The molecule has 1 aliphatic carbocycles. The highest BCUT2D eigenvalue weighted by Crippen LogP contribution is 2.41. The molecule has 3 atom stereocenters. The number of nitrogens with zero attached hydrogens (tertiary/aromatic N) is 1. The standard InChI is InChI=1S/C16H25NO2/c1-12(13-7-9-14(18)10-8-13)16(19)11-5-4-6-15(16)17(2)3/h7-10,12,15,18-19H,4-6,11H2,1-3H3. The number of aliphatic hydroxyl groups is 1. The van der Waals surface area contributed by atoms with Gasteiger partial charge in [0.25, 0.3) is 0 Å². The van der Waals surface area contributed by atoms with Gasteiger partial charge >= 0.3 is 0 Å². The Morgan fingerprint density at radius 1 is 1.21 bits per heavy atom. The second-order valence-electron chi connectivity index (χ2n) is 6.03. The molecule has 1 aromatic carbocycles. The van der Waals surface area contributed by atoms with Crippen LogP contribution in [0.4, 0.5) is 0 Å². The van der Waals surface area contributed by atoms with Crippen LogP contribution in [0.15, 0.2) is 24.3 Å². The molecule has 0 radical (unpaired) electrons. The fourth-order valence-corrected chi connectivity index (χ4v) is 3.42. The van der Waals surface area contributed by atoms with E-state index in [2.05, 4.69) is 11.8 Å². The predicted octanol–water partition coefficient (Wildman–Crippen LogP) is 2.73. The molecule has 1 aliphatic rings. The molecule has 106 valence electrons. The van der Waals surface area contributed by atoms with E-state index < -0.39 is 5.60 Å². The lowest BCUT2D eigenvalue weighted by atomic mass is 9.70. The van der Waals surface area contributed by atoms with Gasteiger partial charge in [-0.15, -0.1) is 0 Å². The summed E-state index contributed by atoms with van der Waals surface area (Å²) in [5.74, 6) is 0.344. The summed E-state index contributed by atoms with van der Waals surface area (Å²) in [6, 6.07) is 7.43. The largest absolute Gasteiger partial charge is 0.508 e. The van der Waals surface area contributed by atoms with Crippen LogP contribution in [-0.2, 0) is 0 Å². The van der Waals surface area contributed by atoms with E-state index in [0.29, 0.717) is 0 Å². The Kier molecular flexibility index (Phi) is 4.16. The summed E-state index contributed by atoms with van der Waals surface area (Å²) in [5.41, 5.74) is 0.410. The maximum atomic E-state index is 11.2. The average Bonchev–Trinajstić information content (AvgIpc) is 2.39. The van der Waals surface area contributed by atoms with Gasteiger partial charge in [-0.3, -0.25) is 0 Å². The van der Waals surface area contributed by atoms with Crippen molar-refractivity contribution >= 4 is 0 Å². The van der Waals surface area contributed by atoms with Crippen molar-refractivity contribution in [3.05, 3.63) is 29.8 Å². The van der Waals surface area contributed by atoms with Gasteiger partial charge in [0.1, 0.15) is 5.75 Å². The Balaban J connectivity index is 2.28. The monoisotopic (exact) mass is 263 g/mol. The summed E-state index contributed by atoms with van der Waals surface area (Å²) in [6.07, 6.45) is 4.17. The number of likely N-dealkylation sites (N-methyl/N-ethyl adjacent to an activating group) is 1. The number of phenols is 1. The van der Waals surface area contributed by atoms with Gasteiger partial charge in [-0.05, 0) is 44.6 Å². The number of hydrogen-bond acceptors (Lipinski definition) is 3. The van der Waals surface area contributed by atoms with Gasteiger partial charge in [-0.2, -0.15) is 0 Å². The Morgan fingerprint density at radius 3 is 2.42 bits per heavy atom. The van der Waals surface area contributed by atoms with Gasteiger partial charge in [0.15, 0.2) is 0 Å². The van der Waals surface area contributed by atoms with E-state index in [1.807, 2.05) is 26.2 Å². The third-order valence-corrected chi connectivity index (χ3v) is 4.65. The smallest absolute Gasteiger partial charge is 0.115 e. The molecule has 0 saturated heterocycles. The van der Waals surface area contributed by atoms with Gasteiger partial charge in [0.05, 0.1) is 5.60 Å². The van der Waals surface area contributed by atoms with Crippen molar-refractivity contribution < 1.29 is 10.2 Å². The van der Waals surface area contributed by atoms with Gasteiger partial charge in [0, 0.05) is 12.0 Å². The second-order valence-corrected chi connectivity index (χ2v) is 6.03. The molecule has 2 N–H and O–H groups in total. The fraction of sp³-hybridized carbons (Fsp3) is 0.625. The Labute approximate surface area is 115 Å². The maximum absolute atomic E-state index is 11.2. The van der Waals surface area contributed by atoms with Crippen LogP contribution in [0.5, 0.6) is 5.75 Å². The molecule has 0 bridgehead atoms.